The molecule has 0 rings (SSSR count). The first-order valence-corrected chi connectivity index (χ1v) is 14.8. The van der Waals surface area contributed by atoms with Crippen molar-refractivity contribution >= 4 is 45.2 Å². The summed E-state index contributed by atoms with van der Waals surface area (Å²) >= 11 is 5.20. The third-order valence-corrected chi connectivity index (χ3v) is 7.53. The number of hydrogen-bond donors (Lipinski definition) is 0. The van der Waals surface area contributed by atoms with Crippen LogP contribution >= 0.6 is 45.2 Å². The molecule has 0 radical (unpaired) electrons. The molecule has 0 fully saturated rings. The fourth-order valence-corrected chi connectivity index (χ4v) is 5.12. The SMILES string of the molecule is CCCCCCCCCCCCCCCCC(I)CCCCCCCI. The molecule has 0 heterocycles. The first kappa shape index (κ1) is 27.5. The maximum absolute atomic E-state index is 2.71. The number of unbranched alkanes of at least 4 members (excludes halogenated alkanes) is 17. The van der Waals surface area contributed by atoms with Gasteiger partial charge in [-0.25, -0.2) is 0 Å². The van der Waals surface area contributed by atoms with Crippen molar-refractivity contribution in [1.82, 2.24) is 0 Å². The van der Waals surface area contributed by atoms with Crippen LogP contribution in [-0.4, -0.2) is 8.35 Å². The number of alkyl halides is 2. The van der Waals surface area contributed by atoms with E-state index in [1.54, 1.807) is 0 Å². The van der Waals surface area contributed by atoms with Gasteiger partial charge in [0.25, 0.3) is 0 Å². The van der Waals surface area contributed by atoms with Crippen molar-refractivity contribution in [3.63, 3.8) is 0 Å². The first-order chi connectivity index (χ1) is 12.8. The summed E-state index contributed by atoms with van der Waals surface area (Å²) < 4.78 is 2.28. The van der Waals surface area contributed by atoms with Crippen molar-refractivity contribution in [2.75, 3.05) is 4.43 Å². The van der Waals surface area contributed by atoms with Crippen LogP contribution in [0.1, 0.15) is 142 Å². The Hall–Kier alpha value is 1.46. The number of halogens is 2. The van der Waals surface area contributed by atoms with Gasteiger partial charge in [-0.1, -0.05) is 168 Å². The Morgan fingerprint density at radius 2 is 0.769 bits per heavy atom. The molecule has 0 aliphatic rings. The summed E-state index contributed by atoms with van der Waals surface area (Å²) in [6, 6.07) is 0. The lowest BCUT2D eigenvalue weighted by molar-refractivity contribution is 0.526. The molecular formula is C24H48I2. The molecule has 0 nitrogen and oxygen atoms in total. The molecule has 0 spiro atoms. The van der Waals surface area contributed by atoms with Crippen molar-refractivity contribution in [3.8, 4) is 0 Å². The molecule has 158 valence electrons. The Morgan fingerprint density at radius 1 is 0.462 bits per heavy atom. The fraction of sp³-hybridized carbons (Fsp3) is 1.00. The monoisotopic (exact) mass is 590 g/mol. The van der Waals surface area contributed by atoms with Crippen molar-refractivity contribution < 1.29 is 0 Å². The van der Waals surface area contributed by atoms with E-state index >= 15 is 0 Å². The third kappa shape index (κ3) is 23.5. The molecule has 0 aromatic rings. The van der Waals surface area contributed by atoms with Crippen molar-refractivity contribution in [2.24, 2.45) is 0 Å². The van der Waals surface area contributed by atoms with Crippen molar-refractivity contribution in [3.05, 3.63) is 0 Å². The van der Waals surface area contributed by atoms with Crippen LogP contribution in [0.15, 0.2) is 0 Å². The minimum absolute atomic E-state index is 0.939. The molecule has 0 saturated carbocycles. The largest absolute Gasteiger partial charge is 0.0864 e. The Labute approximate surface area is 194 Å². The van der Waals surface area contributed by atoms with Gasteiger partial charge in [0.1, 0.15) is 0 Å². The molecule has 26 heavy (non-hydrogen) atoms. The minimum Gasteiger partial charge on any atom is -0.0864 e. The highest BCUT2D eigenvalue weighted by atomic mass is 127. The van der Waals surface area contributed by atoms with E-state index in [2.05, 4.69) is 52.1 Å². The van der Waals surface area contributed by atoms with Gasteiger partial charge >= 0.3 is 0 Å². The van der Waals surface area contributed by atoms with E-state index in [1.807, 2.05) is 0 Å². The average molecular weight is 590 g/mol. The highest BCUT2D eigenvalue weighted by molar-refractivity contribution is 14.1. The van der Waals surface area contributed by atoms with E-state index in [1.165, 1.54) is 139 Å². The molecule has 0 aromatic heterocycles. The van der Waals surface area contributed by atoms with Gasteiger partial charge in [-0.15, -0.1) is 0 Å². The van der Waals surface area contributed by atoms with Gasteiger partial charge in [0, 0.05) is 3.92 Å². The van der Waals surface area contributed by atoms with Crippen LogP contribution in [0, 0.1) is 0 Å². The lowest BCUT2D eigenvalue weighted by atomic mass is 10.0. The van der Waals surface area contributed by atoms with Crippen LogP contribution in [0.3, 0.4) is 0 Å². The molecule has 0 amide bonds. The van der Waals surface area contributed by atoms with E-state index in [-0.39, 0.29) is 0 Å². The van der Waals surface area contributed by atoms with Gasteiger partial charge in [0.15, 0.2) is 0 Å². The Kier molecular flexibility index (Phi) is 25.9. The topological polar surface area (TPSA) is 0 Å². The highest BCUT2D eigenvalue weighted by Crippen LogP contribution is 2.20. The van der Waals surface area contributed by atoms with Crippen molar-refractivity contribution in [2.45, 2.75) is 146 Å². The molecule has 0 aliphatic heterocycles. The van der Waals surface area contributed by atoms with Gasteiger partial charge in [-0.2, -0.15) is 0 Å². The maximum Gasteiger partial charge on any atom is 0.0110 e. The maximum atomic E-state index is 2.71. The normalized spacial score (nSPS) is 12.6. The minimum atomic E-state index is 0.939. The van der Waals surface area contributed by atoms with Crippen LogP contribution in [0.5, 0.6) is 0 Å². The molecule has 0 bridgehead atoms. The van der Waals surface area contributed by atoms with E-state index in [4.69, 9.17) is 0 Å². The summed E-state index contributed by atoms with van der Waals surface area (Å²) in [7, 11) is 0. The second kappa shape index (κ2) is 24.5. The summed E-state index contributed by atoms with van der Waals surface area (Å²) in [6.45, 7) is 2.30. The van der Waals surface area contributed by atoms with Crippen LogP contribution < -0.4 is 0 Å². The van der Waals surface area contributed by atoms with Crippen molar-refractivity contribution in [1.29, 1.82) is 0 Å². The first-order valence-electron chi connectivity index (χ1n) is 12.0. The summed E-state index contributed by atoms with van der Waals surface area (Å²) in [5, 5.41) is 0. The molecule has 2 heteroatoms. The molecular weight excluding hydrogens is 542 g/mol. The van der Waals surface area contributed by atoms with Gasteiger partial charge in [0.2, 0.25) is 0 Å². The molecule has 0 N–H and O–H groups in total. The summed E-state index contributed by atoms with van der Waals surface area (Å²) in [6.07, 6.45) is 30.8. The lowest BCUT2D eigenvalue weighted by Crippen LogP contribution is -1.97. The number of rotatable bonds is 22. The average Bonchev–Trinajstić information content (AvgIpc) is 2.65. The summed E-state index contributed by atoms with van der Waals surface area (Å²) in [5.74, 6) is 0. The zero-order chi connectivity index (χ0) is 19.1. The quantitative estimate of drug-likeness (QED) is 0.0669. The fourth-order valence-electron chi connectivity index (χ4n) is 3.70. The Morgan fingerprint density at radius 3 is 1.12 bits per heavy atom. The van der Waals surface area contributed by atoms with Crippen LogP contribution in [0.4, 0.5) is 0 Å². The zero-order valence-corrected chi connectivity index (χ0v) is 22.2. The predicted octanol–water partition coefficient (Wildman–Crippen LogP) is 10.4. The standard InChI is InChI=1S/C24H48I2/c1-2-3-4-5-6-7-8-9-10-11-12-13-15-18-21-24(26)22-19-16-14-17-20-23-25/h24H,2-23H2,1H3. The van der Waals surface area contributed by atoms with Gasteiger partial charge in [-0.05, 0) is 23.7 Å². The van der Waals surface area contributed by atoms with E-state index in [9.17, 15) is 0 Å². The van der Waals surface area contributed by atoms with Gasteiger partial charge in [-0.3, -0.25) is 0 Å². The third-order valence-electron chi connectivity index (χ3n) is 5.52. The van der Waals surface area contributed by atoms with Crippen LogP contribution in [0.2, 0.25) is 0 Å². The molecule has 0 aliphatic carbocycles. The van der Waals surface area contributed by atoms with E-state index in [0.29, 0.717) is 0 Å². The summed E-state index contributed by atoms with van der Waals surface area (Å²) in [4.78, 5) is 0. The second-order valence-electron chi connectivity index (χ2n) is 8.23. The van der Waals surface area contributed by atoms with Crippen LogP contribution in [0.25, 0.3) is 0 Å². The number of hydrogen-bond acceptors (Lipinski definition) is 0. The predicted molar refractivity (Wildman–Crippen MR) is 139 cm³/mol. The summed E-state index contributed by atoms with van der Waals surface area (Å²) in [5.41, 5.74) is 0. The van der Waals surface area contributed by atoms with Gasteiger partial charge in [0.05, 0.1) is 0 Å². The Balaban J connectivity index is 3.09. The lowest BCUT2D eigenvalue weighted by Gasteiger charge is -2.09. The van der Waals surface area contributed by atoms with Crippen LogP contribution in [-0.2, 0) is 0 Å². The highest BCUT2D eigenvalue weighted by Gasteiger charge is 2.03. The molecule has 1 unspecified atom stereocenters. The zero-order valence-electron chi connectivity index (χ0n) is 17.9. The second-order valence-corrected chi connectivity index (χ2v) is 11.1. The van der Waals surface area contributed by atoms with E-state index < -0.39 is 0 Å². The smallest absolute Gasteiger partial charge is 0.0110 e. The Bertz CT molecular complexity index is 242. The molecule has 1 atom stereocenters. The van der Waals surface area contributed by atoms with Gasteiger partial charge < -0.3 is 0 Å². The molecule has 0 saturated heterocycles. The van der Waals surface area contributed by atoms with E-state index in [0.717, 1.165) is 3.92 Å². The molecule has 0 aromatic carbocycles.